The number of aliphatic hydroxyl groups is 1. The lowest BCUT2D eigenvalue weighted by Crippen LogP contribution is -2.33. The van der Waals surface area contributed by atoms with Crippen LogP contribution in [-0.4, -0.2) is 27.4 Å². The third-order valence-electron chi connectivity index (χ3n) is 2.81. The van der Waals surface area contributed by atoms with Crippen molar-refractivity contribution in [1.29, 1.82) is 0 Å². The number of hydrogen-bond acceptors (Lipinski definition) is 4. The Morgan fingerprint density at radius 3 is 2.94 bits per heavy atom. The quantitative estimate of drug-likeness (QED) is 0.767. The van der Waals surface area contributed by atoms with E-state index in [1.165, 1.54) is 16.8 Å². The van der Waals surface area contributed by atoms with Gasteiger partial charge in [-0.05, 0) is 12.8 Å². The fourth-order valence-electron chi connectivity index (χ4n) is 1.89. The van der Waals surface area contributed by atoms with E-state index in [9.17, 15) is 9.59 Å². The molecule has 1 aromatic heterocycles. The van der Waals surface area contributed by atoms with E-state index >= 15 is 0 Å². The van der Waals surface area contributed by atoms with Crippen LogP contribution in [0.5, 0.6) is 0 Å². The van der Waals surface area contributed by atoms with Gasteiger partial charge in [0.25, 0.3) is 5.56 Å². The van der Waals surface area contributed by atoms with Crippen LogP contribution >= 0.6 is 0 Å². The minimum Gasteiger partial charge on any atom is -0.394 e. The SMILES string of the molecule is C=Cc1cn(C2CCC(CO)O2)c(=O)[nH]c1=O. The molecule has 0 amide bonds. The molecule has 6 nitrogen and oxygen atoms in total. The summed E-state index contributed by atoms with van der Waals surface area (Å²) in [4.78, 5) is 25.2. The predicted molar refractivity (Wildman–Crippen MR) is 61.6 cm³/mol. The summed E-state index contributed by atoms with van der Waals surface area (Å²) < 4.78 is 6.80. The number of aromatic amines is 1. The number of aliphatic hydroxyl groups excluding tert-OH is 1. The second-order valence-corrected chi connectivity index (χ2v) is 3.93. The topological polar surface area (TPSA) is 84.3 Å². The number of hydrogen-bond donors (Lipinski definition) is 2. The van der Waals surface area contributed by atoms with Crippen LogP contribution in [0.4, 0.5) is 0 Å². The van der Waals surface area contributed by atoms with E-state index in [-0.39, 0.29) is 12.7 Å². The molecule has 2 atom stereocenters. The van der Waals surface area contributed by atoms with Crippen LogP contribution in [0.15, 0.2) is 22.4 Å². The highest BCUT2D eigenvalue weighted by Crippen LogP contribution is 2.26. The first-order valence-electron chi connectivity index (χ1n) is 5.40. The number of rotatable bonds is 3. The van der Waals surface area contributed by atoms with Crippen molar-refractivity contribution in [2.45, 2.75) is 25.2 Å². The molecule has 0 spiro atoms. The molecule has 6 heteroatoms. The Kier molecular flexibility index (Phi) is 3.26. The zero-order valence-corrected chi connectivity index (χ0v) is 9.26. The lowest BCUT2D eigenvalue weighted by molar-refractivity contribution is -0.0246. The minimum atomic E-state index is -0.510. The van der Waals surface area contributed by atoms with Crippen molar-refractivity contribution in [3.63, 3.8) is 0 Å². The molecule has 2 rings (SSSR count). The zero-order valence-electron chi connectivity index (χ0n) is 9.26. The second kappa shape index (κ2) is 4.68. The van der Waals surface area contributed by atoms with Crippen LogP contribution in [0.25, 0.3) is 6.08 Å². The van der Waals surface area contributed by atoms with E-state index in [2.05, 4.69) is 11.6 Å². The van der Waals surface area contributed by atoms with Crippen molar-refractivity contribution in [1.82, 2.24) is 9.55 Å². The summed E-state index contributed by atoms with van der Waals surface area (Å²) in [7, 11) is 0. The Morgan fingerprint density at radius 1 is 1.59 bits per heavy atom. The van der Waals surface area contributed by atoms with Crippen molar-refractivity contribution in [2.24, 2.45) is 0 Å². The first kappa shape index (κ1) is 11.8. The van der Waals surface area contributed by atoms with Gasteiger partial charge in [0.1, 0.15) is 6.23 Å². The first-order valence-corrected chi connectivity index (χ1v) is 5.40. The molecular formula is C11H14N2O4. The highest BCUT2D eigenvalue weighted by atomic mass is 16.5. The van der Waals surface area contributed by atoms with E-state index < -0.39 is 17.5 Å². The Morgan fingerprint density at radius 2 is 2.35 bits per heavy atom. The van der Waals surface area contributed by atoms with Crippen molar-refractivity contribution in [3.05, 3.63) is 39.2 Å². The van der Waals surface area contributed by atoms with Crippen LogP contribution in [-0.2, 0) is 4.74 Å². The average Bonchev–Trinajstić information content (AvgIpc) is 2.78. The number of ether oxygens (including phenoxy) is 1. The van der Waals surface area contributed by atoms with Crippen LogP contribution in [0, 0.1) is 0 Å². The lowest BCUT2D eigenvalue weighted by atomic mass is 10.2. The van der Waals surface area contributed by atoms with Gasteiger partial charge in [0.15, 0.2) is 0 Å². The van der Waals surface area contributed by atoms with E-state index in [0.29, 0.717) is 18.4 Å². The molecule has 2 unspecified atom stereocenters. The van der Waals surface area contributed by atoms with Crippen LogP contribution in [0.2, 0.25) is 0 Å². The molecule has 1 fully saturated rings. The molecule has 92 valence electrons. The van der Waals surface area contributed by atoms with Gasteiger partial charge in [-0.3, -0.25) is 14.3 Å². The Bertz CT molecular complexity index is 531. The molecular weight excluding hydrogens is 224 g/mol. The van der Waals surface area contributed by atoms with E-state index in [1.807, 2.05) is 0 Å². The number of aromatic nitrogens is 2. The highest BCUT2D eigenvalue weighted by Gasteiger charge is 2.26. The van der Waals surface area contributed by atoms with Crippen LogP contribution in [0.1, 0.15) is 24.6 Å². The normalized spacial score (nSPS) is 23.8. The highest BCUT2D eigenvalue weighted by molar-refractivity contribution is 5.43. The van der Waals surface area contributed by atoms with Crippen molar-refractivity contribution in [2.75, 3.05) is 6.61 Å². The van der Waals surface area contributed by atoms with E-state index in [1.54, 1.807) is 0 Å². The summed E-state index contributed by atoms with van der Waals surface area (Å²) in [5, 5.41) is 8.96. The standard InChI is InChI=1S/C11H14N2O4/c1-2-7-5-13(11(16)12-10(7)15)9-4-3-8(6-14)17-9/h2,5,8-9,14H,1,3-4,6H2,(H,12,15,16). The smallest absolute Gasteiger partial charge is 0.330 e. The van der Waals surface area contributed by atoms with Gasteiger partial charge in [0, 0.05) is 6.20 Å². The largest absolute Gasteiger partial charge is 0.394 e. The molecule has 0 aliphatic carbocycles. The second-order valence-electron chi connectivity index (χ2n) is 3.93. The molecule has 0 bridgehead atoms. The van der Waals surface area contributed by atoms with Gasteiger partial charge in [-0.25, -0.2) is 4.79 Å². The summed E-state index contributed by atoms with van der Waals surface area (Å²) in [5.41, 5.74) is -0.650. The summed E-state index contributed by atoms with van der Waals surface area (Å²) in [6.45, 7) is 3.44. The summed E-state index contributed by atoms with van der Waals surface area (Å²) in [6, 6.07) is 0. The average molecular weight is 238 g/mol. The Labute approximate surface area is 97.2 Å². The number of nitrogens with one attached hydrogen (secondary N) is 1. The zero-order chi connectivity index (χ0) is 12.4. The summed E-state index contributed by atoms with van der Waals surface area (Å²) in [6.07, 6.45) is 3.46. The van der Waals surface area contributed by atoms with Gasteiger partial charge in [-0.15, -0.1) is 0 Å². The third-order valence-corrected chi connectivity index (χ3v) is 2.81. The van der Waals surface area contributed by atoms with Gasteiger partial charge in [0.05, 0.1) is 18.3 Å². The maximum Gasteiger partial charge on any atom is 0.330 e. The van der Waals surface area contributed by atoms with Crippen LogP contribution < -0.4 is 11.2 Å². The minimum absolute atomic E-state index is 0.0665. The van der Waals surface area contributed by atoms with Gasteiger partial charge >= 0.3 is 5.69 Å². The molecule has 1 aromatic rings. The molecule has 1 aliphatic rings. The van der Waals surface area contributed by atoms with Crippen molar-refractivity contribution in [3.8, 4) is 0 Å². The summed E-state index contributed by atoms with van der Waals surface area (Å²) >= 11 is 0. The molecule has 0 aromatic carbocycles. The van der Waals surface area contributed by atoms with Gasteiger partial charge < -0.3 is 9.84 Å². The maximum atomic E-state index is 11.6. The van der Waals surface area contributed by atoms with Crippen LogP contribution in [0.3, 0.4) is 0 Å². The fraction of sp³-hybridized carbons (Fsp3) is 0.455. The molecule has 1 saturated heterocycles. The summed E-state index contributed by atoms with van der Waals surface area (Å²) in [5.74, 6) is 0. The molecule has 1 aliphatic heterocycles. The lowest BCUT2D eigenvalue weighted by Gasteiger charge is -2.14. The first-order chi connectivity index (χ1) is 8.15. The Hall–Kier alpha value is -1.66. The van der Waals surface area contributed by atoms with E-state index in [4.69, 9.17) is 9.84 Å². The number of H-pyrrole nitrogens is 1. The van der Waals surface area contributed by atoms with Gasteiger partial charge in [0.2, 0.25) is 0 Å². The molecule has 0 radical (unpaired) electrons. The van der Waals surface area contributed by atoms with Gasteiger partial charge in [-0.1, -0.05) is 12.7 Å². The fourth-order valence-corrected chi connectivity index (χ4v) is 1.89. The predicted octanol–water partition coefficient (Wildman–Crippen LogP) is -0.150. The maximum absolute atomic E-state index is 11.6. The molecule has 2 heterocycles. The third kappa shape index (κ3) is 2.22. The van der Waals surface area contributed by atoms with E-state index in [0.717, 1.165) is 0 Å². The molecule has 2 N–H and O–H groups in total. The Balaban J connectivity index is 2.36. The molecule has 17 heavy (non-hydrogen) atoms. The van der Waals surface area contributed by atoms with Gasteiger partial charge in [-0.2, -0.15) is 0 Å². The monoisotopic (exact) mass is 238 g/mol. The van der Waals surface area contributed by atoms with Crippen molar-refractivity contribution < 1.29 is 9.84 Å². The molecule has 0 saturated carbocycles. The van der Waals surface area contributed by atoms with Crippen molar-refractivity contribution >= 4 is 6.08 Å². The number of nitrogens with zero attached hydrogens (tertiary/aromatic N) is 1.